The molecule has 0 spiro atoms. The number of hydrogen-bond donors (Lipinski definition) is 0. The minimum Gasteiger partial charge on any atom is -0.342 e. The van der Waals surface area contributed by atoms with E-state index in [0.717, 1.165) is 51.9 Å². The molecule has 2 saturated heterocycles. The Morgan fingerprint density at radius 1 is 1.08 bits per heavy atom. The third-order valence-corrected chi connectivity index (χ3v) is 5.32. The van der Waals surface area contributed by atoms with Crippen molar-refractivity contribution in [3.63, 3.8) is 0 Å². The van der Waals surface area contributed by atoms with Gasteiger partial charge in [-0.05, 0) is 37.8 Å². The van der Waals surface area contributed by atoms with Crippen LogP contribution < -0.4 is 5.56 Å². The van der Waals surface area contributed by atoms with Crippen LogP contribution in [0.4, 0.5) is 0 Å². The number of aromatic nitrogens is 3. The number of benzene rings is 1. The lowest BCUT2D eigenvalue weighted by Crippen LogP contribution is -2.43. The number of hydrogen-bond acceptors (Lipinski definition) is 5. The van der Waals surface area contributed by atoms with Gasteiger partial charge in [0.15, 0.2) is 0 Å². The van der Waals surface area contributed by atoms with Crippen LogP contribution in [0.15, 0.2) is 29.1 Å². The molecule has 0 atom stereocenters. The SMILES string of the molecule is O=C(C1CCN(Cn2nnc3ccccc3c2=O)CC1)N1CCCC1. The van der Waals surface area contributed by atoms with E-state index in [-0.39, 0.29) is 11.5 Å². The number of amides is 1. The molecule has 2 aromatic rings. The average molecular weight is 341 g/mol. The van der Waals surface area contributed by atoms with Crippen molar-refractivity contribution in [2.45, 2.75) is 32.4 Å². The lowest BCUT2D eigenvalue weighted by molar-refractivity contribution is -0.136. The first-order valence-electron chi connectivity index (χ1n) is 9.06. The molecule has 0 bridgehead atoms. The second-order valence-electron chi connectivity index (χ2n) is 6.98. The van der Waals surface area contributed by atoms with Crippen molar-refractivity contribution in [1.29, 1.82) is 0 Å². The fourth-order valence-electron chi connectivity index (χ4n) is 3.82. The monoisotopic (exact) mass is 341 g/mol. The number of fused-ring (bicyclic) bond motifs is 1. The molecular weight excluding hydrogens is 318 g/mol. The zero-order valence-electron chi connectivity index (χ0n) is 14.3. The zero-order valence-corrected chi connectivity index (χ0v) is 14.3. The van der Waals surface area contributed by atoms with E-state index < -0.39 is 0 Å². The second kappa shape index (κ2) is 6.92. The topological polar surface area (TPSA) is 71.3 Å². The number of carbonyl (C=O) groups is 1. The number of rotatable bonds is 3. The maximum atomic E-state index is 12.5. The molecule has 3 heterocycles. The van der Waals surface area contributed by atoms with Crippen LogP contribution in [0.5, 0.6) is 0 Å². The molecule has 1 aromatic heterocycles. The van der Waals surface area contributed by atoms with Gasteiger partial charge in [0.1, 0.15) is 5.52 Å². The van der Waals surface area contributed by atoms with Gasteiger partial charge in [0, 0.05) is 32.1 Å². The Balaban J connectivity index is 1.39. The molecule has 0 N–H and O–H groups in total. The predicted octanol–water partition coefficient (Wildman–Crippen LogP) is 1.08. The number of likely N-dealkylation sites (tertiary alicyclic amines) is 2. The highest BCUT2D eigenvalue weighted by Crippen LogP contribution is 2.22. The smallest absolute Gasteiger partial charge is 0.278 e. The highest BCUT2D eigenvalue weighted by atomic mass is 16.2. The number of nitrogens with zero attached hydrogens (tertiary/aromatic N) is 5. The minimum absolute atomic E-state index is 0.110. The molecule has 1 amide bonds. The summed E-state index contributed by atoms with van der Waals surface area (Å²) in [5.41, 5.74) is 0.513. The summed E-state index contributed by atoms with van der Waals surface area (Å²) in [6.45, 7) is 3.89. The Hall–Kier alpha value is -2.28. The van der Waals surface area contributed by atoms with Gasteiger partial charge in [0.25, 0.3) is 5.56 Å². The van der Waals surface area contributed by atoms with E-state index in [1.165, 1.54) is 4.68 Å². The summed E-state index contributed by atoms with van der Waals surface area (Å²) in [4.78, 5) is 29.2. The van der Waals surface area contributed by atoms with Crippen LogP contribution in [0, 0.1) is 5.92 Å². The largest absolute Gasteiger partial charge is 0.342 e. The van der Waals surface area contributed by atoms with Gasteiger partial charge in [-0.25, -0.2) is 0 Å². The number of carbonyl (C=O) groups excluding carboxylic acids is 1. The summed E-state index contributed by atoms with van der Waals surface area (Å²) in [6.07, 6.45) is 3.97. The van der Waals surface area contributed by atoms with Crippen molar-refractivity contribution >= 4 is 16.8 Å². The Morgan fingerprint density at radius 2 is 1.80 bits per heavy atom. The van der Waals surface area contributed by atoms with Crippen molar-refractivity contribution in [1.82, 2.24) is 24.8 Å². The van der Waals surface area contributed by atoms with Gasteiger partial charge in [-0.3, -0.25) is 14.5 Å². The molecule has 7 nitrogen and oxygen atoms in total. The zero-order chi connectivity index (χ0) is 17.2. The first-order chi connectivity index (χ1) is 12.2. The van der Waals surface area contributed by atoms with Gasteiger partial charge in [-0.1, -0.05) is 17.3 Å². The highest BCUT2D eigenvalue weighted by Gasteiger charge is 2.30. The van der Waals surface area contributed by atoms with E-state index in [0.29, 0.717) is 23.5 Å². The molecule has 1 aromatic carbocycles. The van der Waals surface area contributed by atoms with Crippen LogP contribution in [-0.4, -0.2) is 56.9 Å². The minimum atomic E-state index is -0.110. The molecule has 132 valence electrons. The van der Waals surface area contributed by atoms with Gasteiger partial charge in [-0.15, -0.1) is 5.10 Å². The van der Waals surface area contributed by atoms with Crippen molar-refractivity contribution in [2.75, 3.05) is 26.2 Å². The van der Waals surface area contributed by atoms with Crippen molar-refractivity contribution in [3.8, 4) is 0 Å². The van der Waals surface area contributed by atoms with Crippen molar-refractivity contribution < 1.29 is 4.79 Å². The number of piperidine rings is 1. The van der Waals surface area contributed by atoms with Gasteiger partial charge < -0.3 is 4.90 Å². The van der Waals surface area contributed by atoms with Crippen LogP contribution in [0.25, 0.3) is 10.9 Å². The summed E-state index contributed by atoms with van der Waals surface area (Å²) in [5, 5.41) is 8.78. The Kier molecular flexibility index (Phi) is 4.48. The maximum absolute atomic E-state index is 12.5. The molecule has 7 heteroatoms. The Labute approximate surface area is 146 Å². The third-order valence-electron chi connectivity index (χ3n) is 5.32. The molecule has 25 heavy (non-hydrogen) atoms. The lowest BCUT2D eigenvalue weighted by atomic mass is 9.95. The summed E-state index contributed by atoms with van der Waals surface area (Å²) < 4.78 is 1.42. The van der Waals surface area contributed by atoms with E-state index in [9.17, 15) is 9.59 Å². The quantitative estimate of drug-likeness (QED) is 0.835. The van der Waals surface area contributed by atoms with Crippen LogP contribution in [0.2, 0.25) is 0 Å². The fraction of sp³-hybridized carbons (Fsp3) is 0.556. The van der Waals surface area contributed by atoms with E-state index in [1.807, 2.05) is 17.0 Å². The molecule has 4 rings (SSSR count). The third kappa shape index (κ3) is 3.28. The van der Waals surface area contributed by atoms with Gasteiger partial charge >= 0.3 is 0 Å². The molecule has 2 aliphatic heterocycles. The van der Waals surface area contributed by atoms with Crippen molar-refractivity contribution in [2.24, 2.45) is 5.92 Å². The fourth-order valence-corrected chi connectivity index (χ4v) is 3.82. The van der Waals surface area contributed by atoms with Gasteiger partial charge in [0.2, 0.25) is 5.91 Å². The van der Waals surface area contributed by atoms with Crippen LogP contribution in [0.1, 0.15) is 25.7 Å². The van der Waals surface area contributed by atoms with Crippen LogP contribution in [-0.2, 0) is 11.5 Å². The van der Waals surface area contributed by atoms with Gasteiger partial charge in [0.05, 0.1) is 12.1 Å². The van der Waals surface area contributed by atoms with Crippen LogP contribution in [0.3, 0.4) is 0 Å². The van der Waals surface area contributed by atoms with E-state index in [1.54, 1.807) is 12.1 Å². The van der Waals surface area contributed by atoms with Gasteiger partial charge in [-0.2, -0.15) is 4.68 Å². The van der Waals surface area contributed by atoms with E-state index in [4.69, 9.17) is 0 Å². The first-order valence-corrected chi connectivity index (χ1v) is 9.06. The summed E-state index contributed by atoms with van der Waals surface area (Å²) in [6, 6.07) is 7.27. The second-order valence-corrected chi connectivity index (χ2v) is 6.98. The molecule has 0 aliphatic carbocycles. The normalized spacial score (nSPS) is 19.6. The Morgan fingerprint density at radius 3 is 2.56 bits per heavy atom. The Bertz CT molecular complexity index is 820. The molecule has 0 saturated carbocycles. The predicted molar refractivity (Wildman–Crippen MR) is 93.9 cm³/mol. The average Bonchev–Trinajstić information content (AvgIpc) is 3.19. The maximum Gasteiger partial charge on any atom is 0.278 e. The highest BCUT2D eigenvalue weighted by molar-refractivity contribution is 5.79. The summed E-state index contributed by atoms with van der Waals surface area (Å²) in [5.74, 6) is 0.452. The van der Waals surface area contributed by atoms with E-state index in [2.05, 4.69) is 15.2 Å². The molecule has 0 unspecified atom stereocenters. The molecule has 2 aliphatic rings. The standard InChI is InChI=1S/C18H23N5O2/c24-17(22-9-3-4-10-22)14-7-11-21(12-8-14)13-23-18(25)15-5-1-2-6-16(15)19-20-23/h1-2,5-6,14H,3-4,7-13H2. The molecule has 2 fully saturated rings. The summed E-state index contributed by atoms with van der Waals surface area (Å²) in [7, 11) is 0. The molecular formula is C18H23N5O2. The first kappa shape index (κ1) is 16.2. The lowest BCUT2D eigenvalue weighted by Gasteiger charge is -2.32. The summed E-state index contributed by atoms with van der Waals surface area (Å²) >= 11 is 0. The van der Waals surface area contributed by atoms with Crippen LogP contribution >= 0.6 is 0 Å². The molecule has 0 radical (unpaired) electrons. The van der Waals surface area contributed by atoms with Crippen molar-refractivity contribution in [3.05, 3.63) is 34.6 Å². The van der Waals surface area contributed by atoms with E-state index >= 15 is 0 Å².